The lowest BCUT2D eigenvalue weighted by molar-refractivity contribution is -0.135. The van der Waals surface area contributed by atoms with Crippen LogP contribution in [0.5, 0.6) is 0 Å². The zero-order valence-corrected chi connectivity index (χ0v) is 10.1. The van der Waals surface area contributed by atoms with E-state index in [4.69, 9.17) is 0 Å². The number of carbonyl (C=O) groups is 3. The molecular formula is C13H16O3. The highest BCUT2D eigenvalue weighted by atomic mass is 16.2. The Kier molecular flexibility index (Phi) is 3.27. The van der Waals surface area contributed by atoms with Gasteiger partial charge in [0.05, 0.1) is 0 Å². The van der Waals surface area contributed by atoms with Crippen LogP contribution in [-0.4, -0.2) is 17.3 Å². The molecule has 1 aliphatic rings. The molecule has 86 valence electrons. The van der Waals surface area contributed by atoms with Crippen LogP contribution in [-0.2, 0) is 14.4 Å². The fourth-order valence-corrected chi connectivity index (χ4v) is 1.98. The van der Waals surface area contributed by atoms with Gasteiger partial charge in [-0.3, -0.25) is 14.4 Å². The summed E-state index contributed by atoms with van der Waals surface area (Å²) >= 11 is 0. The Morgan fingerprint density at radius 2 is 1.62 bits per heavy atom. The molecule has 0 heterocycles. The fourth-order valence-electron chi connectivity index (χ4n) is 1.98. The minimum Gasteiger partial charge on any atom is -0.299 e. The topological polar surface area (TPSA) is 51.2 Å². The fraction of sp³-hybridized carbons (Fsp3) is 0.462. The summed E-state index contributed by atoms with van der Waals surface area (Å²) in [6.07, 6.45) is 3.53. The Morgan fingerprint density at radius 1 is 1.12 bits per heavy atom. The van der Waals surface area contributed by atoms with E-state index in [0.29, 0.717) is 5.57 Å². The lowest BCUT2D eigenvalue weighted by Gasteiger charge is -2.29. The van der Waals surface area contributed by atoms with E-state index < -0.39 is 5.41 Å². The number of rotatable bonds is 3. The Bertz CT molecular complexity index is 410. The van der Waals surface area contributed by atoms with Crippen molar-refractivity contribution in [1.29, 1.82) is 0 Å². The summed E-state index contributed by atoms with van der Waals surface area (Å²) in [4.78, 5) is 34.7. The van der Waals surface area contributed by atoms with Gasteiger partial charge in [-0.2, -0.15) is 0 Å². The Labute approximate surface area is 95.2 Å². The number of hydrogen-bond acceptors (Lipinski definition) is 3. The molecule has 0 unspecified atom stereocenters. The predicted molar refractivity (Wildman–Crippen MR) is 60.9 cm³/mol. The molecule has 0 saturated heterocycles. The summed E-state index contributed by atoms with van der Waals surface area (Å²) < 4.78 is 0. The van der Waals surface area contributed by atoms with Gasteiger partial charge < -0.3 is 0 Å². The molecule has 0 atom stereocenters. The van der Waals surface area contributed by atoms with Gasteiger partial charge in [0.1, 0.15) is 17.0 Å². The van der Waals surface area contributed by atoms with E-state index >= 15 is 0 Å². The molecule has 3 heteroatoms. The molecule has 0 aromatic heterocycles. The molecule has 0 aromatic rings. The maximum absolute atomic E-state index is 11.6. The van der Waals surface area contributed by atoms with E-state index in [2.05, 4.69) is 0 Å². The molecule has 16 heavy (non-hydrogen) atoms. The standard InChI is InChI=1S/C13H16O3/c1-8-5-6-13(10(3)15,11(4)16)7-12(8)9(2)14/h5-6H,7H2,1-4H3. The minimum absolute atomic E-state index is 0.0753. The number of hydrogen-bond donors (Lipinski definition) is 0. The quantitative estimate of drug-likeness (QED) is 0.684. The van der Waals surface area contributed by atoms with Gasteiger partial charge in [-0.25, -0.2) is 0 Å². The van der Waals surface area contributed by atoms with Gasteiger partial charge in [0.15, 0.2) is 5.78 Å². The molecule has 0 aliphatic heterocycles. The van der Waals surface area contributed by atoms with Crippen LogP contribution in [0.3, 0.4) is 0 Å². The molecule has 0 saturated carbocycles. The van der Waals surface area contributed by atoms with Gasteiger partial charge in [0.25, 0.3) is 0 Å². The monoisotopic (exact) mass is 220 g/mol. The first-order valence-corrected chi connectivity index (χ1v) is 5.23. The number of carbonyl (C=O) groups excluding carboxylic acids is 3. The van der Waals surface area contributed by atoms with Crippen LogP contribution in [0.2, 0.25) is 0 Å². The highest BCUT2D eigenvalue weighted by Crippen LogP contribution is 2.36. The van der Waals surface area contributed by atoms with E-state index in [0.717, 1.165) is 5.57 Å². The summed E-state index contributed by atoms with van der Waals surface area (Å²) in [5, 5.41) is 0. The van der Waals surface area contributed by atoms with Crippen LogP contribution >= 0.6 is 0 Å². The lowest BCUT2D eigenvalue weighted by Crippen LogP contribution is -2.37. The summed E-state index contributed by atoms with van der Waals surface area (Å²) in [6.45, 7) is 6.06. The highest BCUT2D eigenvalue weighted by molar-refractivity contribution is 6.09. The van der Waals surface area contributed by atoms with Crippen LogP contribution in [0.15, 0.2) is 23.3 Å². The van der Waals surface area contributed by atoms with Crippen molar-refractivity contribution < 1.29 is 14.4 Å². The zero-order chi connectivity index (χ0) is 12.5. The lowest BCUT2D eigenvalue weighted by atomic mass is 9.70. The van der Waals surface area contributed by atoms with E-state index in [-0.39, 0.29) is 23.8 Å². The van der Waals surface area contributed by atoms with Crippen molar-refractivity contribution in [3.8, 4) is 0 Å². The van der Waals surface area contributed by atoms with Crippen molar-refractivity contribution in [2.24, 2.45) is 5.41 Å². The molecular weight excluding hydrogens is 204 g/mol. The average molecular weight is 220 g/mol. The van der Waals surface area contributed by atoms with Gasteiger partial charge in [0.2, 0.25) is 0 Å². The number of ketones is 3. The van der Waals surface area contributed by atoms with Crippen molar-refractivity contribution in [3.63, 3.8) is 0 Å². The highest BCUT2D eigenvalue weighted by Gasteiger charge is 2.41. The third-order valence-corrected chi connectivity index (χ3v) is 3.23. The van der Waals surface area contributed by atoms with Crippen molar-refractivity contribution >= 4 is 17.3 Å². The SMILES string of the molecule is CC(=O)C1=C(C)C=CC(C(C)=O)(C(C)=O)C1. The molecule has 1 rings (SSSR count). The van der Waals surface area contributed by atoms with Crippen molar-refractivity contribution in [2.75, 3.05) is 0 Å². The van der Waals surface area contributed by atoms with Crippen molar-refractivity contribution in [1.82, 2.24) is 0 Å². The summed E-state index contributed by atoms with van der Waals surface area (Å²) in [5.41, 5.74) is 0.291. The van der Waals surface area contributed by atoms with Crippen molar-refractivity contribution in [3.05, 3.63) is 23.3 Å². The van der Waals surface area contributed by atoms with E-state index in [1.54, 1.807) is 12.2 Å². The first-order chi connectivity index (χ1) is 7.31. The summed E-state index contributed by atoms with van der Waals surface area (Å²) in [6, 6.07) is 0. The second kappa shape index (κ2) is 4.16. The van der Waals surface area contributed by atoms with Crippen LogP contribution in [0.4, 0.5) is 0 Å². The third-order valence-electron chi connectivity index (χ3n) is 3.23. The van der Waals surface area contributed by atoms with Crippen LogP contribution in [0.25, 0.3) is 0 Å². The van der Waals surface area contributed by atoms with Gasteiger partial charge in [-0.15, -0.1) is 0 Å². The van der Waals surface area contributed by atoms with Gasteiger partial charge in [-0.1, -0.05) is 12.2 Å². The molecule has 0 radical (unpaired) electrons. The molecule has 3 nitrogen and oxygen atoms in total. The molecule has 0 aromatic carbocycles. The normalized spacial score (nSPS) is 18.5. The molecule has 0 fully saturated rings. The van der Waals surface area contributed by atoms with Gasteiger partial charge in [-0.05, 0) is 45.3 Å². The van der Waals surface area contributed by atoms with Crippen LogP contribution in [0.1, 0.15) is 34.1 Å². The van der Waals surface area contributed by atoms with Gasteiger partial charge in [0, 0.05) is 0 Å². The third kappa shape index (κ3) is 1.90. The predicted octanol–water partition coefficient (Wildman–Crippen LogP) is 2.02. The maximum atomic E-state index is 11.6. The minimum atomic E-state index is -1.12. The molecule has 1 aliphatic carbocycles. The number of Topliss-reactive ketones (excluding diaryl/α,β-unsaturated/α-hetero) is 3. The first kappa shape index (κ1) is 12.6. The van der Waals surface area contributed by atoms with Crippen LogP contribution in [0, 0.1) is 5.41 Å². The molecule has 0 amide bonds. The Balaban J connectivity index is 3.26. The second-order valence-electron chi connectivity index (χ2n) is 4.31. The smallest absolute Gasteiger partial charge is 0.156 e. The summed E-state index contributed by atoms with van der Waals surface area (Å²) in [7, 11) is 0. The van der Waals surface area contributed by atoms with E-state index in [1.165, 1.54) is 20.8 Å². The van der Waals surface area contributed by atoms with Crippen LogP contribution < -0.4 is 0 Å². The molecule has 0 bridgehead atoms. The second-order valence-corrected chi connectivity index (χ2v) is 4.31. The molecule has 0 spiro atoms. The first-order valence-electron chi connectivity index (χ1n) is 5.23. The maximum Gasteiger partial charge on any atom is 0.156 e. The Hall–Kier alpha value is -1.51. The van der Waals surface area contributed by atoms with E-state index in [9.17, 15) is 14.4 Å². The van der Waals surface area contributed by atoms with Crippen molar-refractivity contribution in [2.45, 2.75) is 34.1 Å². The zero-order valence-electron chi connectivity index (χ0n) is 10.1. The number of allylic oxidation sites excluding steroid dienone is 4. The van der Waals surface area contributed by atoms with E-state index in [1.807, 2.05) is 6.92 Å². The summed E-state index contributed by atoms with van der Waals surface area (Å²) in [5.74, 6) is -0.487. The largest absolute Gasteiger partial charge is 0.299 e. The molecule has 0 N–H and O–H groups in total. The Morgan fingerprint density at radius 3 is 2.00 bits per heavy atom. The average Bonchev–Trinajstić information content (AvgIpc) is 2.17. The van der Waals surface area contributed by atoms with Gasteiger partial charge >= 0.3 is 0 Å².